The smallest absolute Gasteiger partial charge is 0.348 e. The summed E-state index contributed by atoms with van der Waals surface area (Å²) in [5.74, 6) is 0.895. The summed E-state index contributed by atoms with van der Waals surface area (Å²) in [5.41, 5.74) is 0.366. The Labute approximate surface area is 117 Å². The molecule has 3 heterocycles. The Morgan fingerprint density at radius 1 is 1.55 bits per heavy atom. The summed E-state index contributed by atoms with van der Waals surface area (Å²) < 4.78 is 1.42. The number of nitrogens with one attached hydrogen (secondary N) is 2. The van der Waals surface area contributed by atoms with Gasteiger partial charge in [-0.15, -0.1) is 0 Å². The van der Waals surface area contributed by atoms with Gasteiger partial charge in [-0.1, -0.05) is 6.92 Å². The molecule has 7 heteroatoms. The zero-order chi connectivity index (χ0) is 13.9. The van der Waals surface area contributed by atoms with Gasteiger partial charge in [0.2, 0.25) is 0 Å². The molecule has 0 bridgehead atoms. The first-order chi connectivity index (χ1) is 9.79. The molecular weight excluding hydrogens is 256 g/mol. The molecule has 1 unspecified atom stereocenters. The number of nitrogens with zero attached hydrogens (tertiary/aromatic N) is 4. The van der Waals surface area contributed by atoms with Crippen LogP contribution >= 0.6 is 0 Å². The van der Waals surface area contributed by atoms with E-state index in [9.17, 15) is 4.79 Å². The number of piperidine rings is 1. The van der Waals surface area contributed by atoms with Gasteiger partial charge >= 0.3 is 5.69 Å². The van der Waals surface area contributed by atoms with Crippen LogP contribution in [0.3, 0.4) is 0 Å². The molecule has 2 aromatic heterocycles. The maximum Gasteiger partial charge on any atom is 0.348 e. The van der Waals surface area contributed by atoms with Crippen LogP contribution in [0.15, 0.2) is 17.2 Å². The predicted octanol–water partition coefficient (Wildman–Crippen LogP) is 0.386. The molecule has 20 heavy (non-hydrogen) atoms. The molecule has 1 aliphatic rings. The second-order valence-corrected chi connectivity index (χ2v) is 5.20. The van der Waals surface area contributed by atoms with Crippen LogP contribution < -0.4 is 15.9 Å². The van der Waals surface area contributed by atoms with E-state index in [1.54, 1.807) is 6.33 Å². The highest BCUT2D eigenvalue weighted by Gasteiger charge is 2.22. The summed E-state index contributed by atoms with van der Waals surface area (Å²) >= 11 is 0. The number of anilines is 1. The summed E-state index contributed by atoms with van der Waals surface area (Å²) in [6.45, 7) is 5.21. The Hall–Kier alpha value is -1.89. The summed E-state index contributed by atoms with van der Waals surface area (Å²) in [6.07, 6.45) is 4.98. The zero-order valence-electron chi connectivity index (χ0n) is 11.7. The van der Waals surface area contributed by atoms with E-state index in [-0.39, 0.29) is 5.69 Å². The molecule has 108 valence electrons. The van der Waals surface area contributed by atoms with Gasteiger partial charge in [0.05, 0.1) is 0 Å². The van der Waals surface area contributed by atoms with Gasteiger partial charge in [0, 0.05) is 25.2 Å². The van der Waals surface area contributed by atoms with Gasteiger partial charge in [-0.25, -0.2) is 19.3 Å². The van der Waals surface area contributed by atoms with Crippen LogP contribution in [0, 0.1) is 0 Å². The van der Waals surface area contributed by atoms with Gasteiger partial charge in [0.15, 0.2) is 5.65 Å². The summed E-state index contributed by atoms with van der Waals surface area (Å²) in [6, 6.07) is 2.34. The third kappa shape index (κ3) is 2.40. The van der Waals surface area contributed by atoms with E-state index < -0.39 is 0 Å². The molecular formula is C13H20N6O. The average molecular weight is 276 g/mol. The van der Waals surface area contributed by atoms with Crippen LogP contribution in [-0.4, -0.2) is 45.3 Å². The molecule has 0 spiro atoms. The van der Waals surface area contributed by atoms with Crippen LogP contribution in [0.1, 0.15) is 26.2 Å². The van der Waals surface area contributed by atoms with Gasteiger partial charge in [0.1, 0.15) is 12.1 Å². The number of hydrogen-bond donors (Lipinski definition) is 2. The number of fused-ring (bicyclic) bond motifs is 1. The van der Waals surface area contributed by atoms with Crippen LogP contribution in [0.2, 0.25) is 0 Å². The SMILES string of the molecule is CCCN(c1cc2n[nH]c(=O)n2cn1)C1CCCNC1. The Kier molecular flexibility index (Phi) is 3.68. The van der Waals surface area contributed by atoms with Crippen LogP contribution in [0.4, 0.5) is 5.82 Å². The molecule has 1 saturated heterocycles. The lowest BCUT2D eigenvalue weighted by molar-refractivity contribution is 0.429. The number of H-pyrrole nitrogens is 1. The number of aromatic nitrogens is 4. The van der Waals surface area contributed by atoms with Crippen molar-refractivity contribution < 1.29 is 0 Å². The van der Waals surface area contributed by atoms with Crippen molar-refractivity contribution in [2.24, 2.45) is 0 Å². The first-order valence-corrected chi connectivity index (χ1v) is 7.19. The monoisotopic (exact) mass is 276 g/mol. The van der Waals surface area contributed by atoms with Crippen LogP contribution in [0.5, 0.6) is 0 Å². The Morgan fingerprint density at radius 3 is 3.20 bits per heavy atom. The van der Waals surface area contributed by atoms with Gasteiger partial charge in [-0.2, -0.15) is 5.10 Å². The van der Waals surface area contributed by atoms with Crippen molar-refractivity contribution in [1.29, 1.82) is 0 Å². The summed E-state index contributed by atoms with van der Waals surface area (Å²) in [4.78, 5) is 18.2. The van der Waals surface area contributed by atoms with Crippen LogP contribution in [0.25, 0.3) is 5.65 Å². The second-order valence-electron chi connectivity index (χ2n) is 5.20. The molecule has 2 N–H and O–H groups in total. The van der Waals surface area contributed by atoms with Gasteiger partial charge in [0.25, 0.3) is 0 Å². The lowest BCUT2D eigenvalue weighted by atomic mass is 10.1. The van der Waals surface area contributed by atoms with E-state index in [1.165, 1.54) is 17.2 Å². The number of rotatable bonds is 4. The maximum atomic E-state index is 11.5. The largest absolute Gasteiger partial charge is 0.352 e. The number of hydrogen-bond acceptors (Lipinski definition) is 5. The maximum absolute atomic E-state index is 11.5. The molecule has 1 fully saturated rings. The Balaban J connectivity index is 1.93. The quantitative estimate of drug-likeness (QED) is 0.844. The molecule has 1 aliphatic heterocycles. The molecule has 3 rings (SSSR count). The first-order valence-electron chi connectivity index (χ1n) is 7.19. The van der Waals surface area contributed by atoms with Crippen molar-refractivity contribution in [2.75, 3.05) is 24.5 Å². The molecule has 0 amide bonds. The van der Waals surface area contributed by atoms with Crippen molar-refractivity contribution in [3.63, 3.8) is 0 Å². The molecule has 0 aromatic carbocycles. The second kappa shape index (κ2) is 5.62. The predicted molar refractivity (Wildman–Crippen MR) is 77.1 cm³/mol. The molecule has 1 atom stereocenters. The van der Waals surface area contributed by atoms with Crippen molar-refractivity contribution in [3.8, 4) is 0 Å². The zero-order valence-corrected chi connectivity index (χ0v) is 11.7. The van der Waals surface area contributed by atoms with Gasteiger partial charge in [-0.05, 0) is 25.8 Å². The van der Waals surface area contributed by atoms with Crippen molar-refractivity contribution in [3.05, 3.63) is 22.9 Å². The van der Waals surface area contributed by atoms with E-state index in [0.29, 0.717) is 11.7 Å². The van der Waals surface area contributed by atoms with Crippen LogP contribution in [-0.2, 0) is 0 Å². The highest BCUT2D eigenvalue weighted by Crippen LogP contribution is 2.19. The highest BCUT2D eigenvalue weighted by molar-refractivity contribution is 5.50. The fourth-order valence-electron chi connectivity index (χ4n) is 2.78. The molecule has 0 aliphatic carbocycles. The highest BCUT2D eigenvalue weighted by atomic mass is 16.1. The third-order valence-electron chi connectivity index (χ3n) is 3.77. The average Bonchev–Trinajstić information content (AvgIpc) is 2.86. The molecule has 0 radical (unpaired) electrons. The van der Waals surface area contributed by atoms with Gasteiger partial charge < -0.3 is 10.2 Å². The Bertz CT molecular complexity index is 627. The lowest BCUT2D eigenvalue weighted by Gasteiger charge is -2.35. The number of aromatic amines is 1. The van der Waals surface area contributed by atoms with E-state index in [4.69, 9.17) is 0 Å². The topological polar surface area (TPSA) is 78.3 Å². The minimum absolute atomic E-state index is 0.250. The molecule has 2 aromatic rings. The van der Waals surface area contributed by atoms with E-state index in [0.717, 1.165) is 31.9 Å². The lowest BCUT2D eigenvalue weighted by Crippen LogP contribution is -2.46. The Morgan fingerprint density at radius 2 is 2.45 bits per heavy atom. The molecule has 0 saturated carbocycles. The van der Waals surface area contributed by atoms with E-state index >= 15 is 0 Å². The third-order valence-corrected chi connectivity index (χ3v) is 3.77. The van der Waals surface area contributed by atoms with Crippen molar-refractivity contribution in [1.82, 2.24) is 24.9 Å². The minimum Gasteiger partial charge on any atom is -0.352 e. The van der Waals surface area contributed by atoms with Gasteiger partial charge in [-0.3, -0.25) is 0 Å². The molecule has 7 nitrogen and oxygen atoms in total. The summed E-state index contributed by atoms with van der Waals surface area (Å²) in [5, 5.41) is 9.89. The summed E-state index contributed by atoms with van der Waals surface area (Å²) in [7, 11) is 0. The fourth-order valence-corrected chi connectivity index (χ4v) is 2.78. The normalized spacial score (nSPS) is 19.4. The van der Waals surface area contributed by atoms with Crippen molar-refractivity contribution >= 4 is 11.5 Å². The van der Waals surface area contributed by atoms with E-state index in [2.05, 4.69) is 32.3 Å². The fraction of sp³-hybridized carbons (Fsp3) is 0.615. The first kappa shape index (κ1) is 13.1. The van der Waals surface area contributed by atoms with Crippen molar-refractivity contribution in [2.45, 2.75) is 32.2 Å². The standard InChI is InChI=1S/C13H20N6O/c1-2-6-18(10-4-3-5-14-8-10)11-7-12-16-17-13(20)19(12)9-15-11/h7,9-10,14H,2-6,8H2,1H3,(H,17,20). The minimum atomic E-state index is -0.250. The van der Waals surface area contributed by atoms with E-state index in [1.807, 2.05) is 6.07 Å².